The highest BCUT2D eigenvalue weighted by Crippen LogP contribution is 2.32. The summed E-state index contributed by atoms with van der Waals surface area (Å²) in [6, 6.07) is 8.21. The zero-order valence-electron chi connectivity index (χ0n) is 21.5. The molecule has 0 bridgehead atoms. The number of carbonyl (C=O) groups is 1. The number of ether oxygens (including phenoxy) is 1. The van der Waals surface area contributed by atoms with Crippen molar-refractivity contribution in [3.05, 3.63) is 61.2 Å². The van der Waals surface area contributed by atoms with Gasteiger partial charge in [-0.2, -0.15) is 10.4 Å². The Hall–Kier alpha value is -4.56. The number of nitriles is 1. The number of piperazine rings is 1. The maximum Gasteiger partial charge on any atom is 0.229 e. The van der Waals surface area contributed by atoms with Gasteiger partial charge in [-0.15, -0.1) is 11.7 Å². The van der Waals surface area contributed by atoms with E-state index in [1.165, 1.54) is 0 Å². The van der Waals surface area contributed by atoms with Crippen LogP contribution in [0.1, 0.15) is 12.5 Å². The summed E-state index contributed by atoms with van der Waals surface area (Å²) in [5, 5.41) is 22.6. The lowest BCUT2D eigenvalue weighted by Gasteiger charge is -2.36. The summed E-state index contributed by atoms with van der Waals surface area (Å²) in [7, 11) is 1.65. The highest BCUT2D eigenvalue weighted by Gasteiger charge is 2.24. The van der Waals surface area contributed by atoms with Crippen molar-refractivity contribution >= 4 is 17.2 Å². The fourth-order valence-electron chi connectivity index (χ4n) is 4.57. The van der Waals surface area contributed by atoms with Crippen molar-refractivity contribution in [3.63, 3.8) is 0 Å². The van der Waals surface area contributed by atoms with Crippen LogP contribution in [0.3, 0.4) is 0 Å². The number of aromatic nitrogens is 6. The number of carbonyl (C=O) groups excluding carboxylic acids is 1. The highest BCUT2D eigenvalue weighted by atomic mass is 16.5. The topological polar surface area (TPSA) is 117 Å². The number of fused-ring (bicyclic) bond motifs is 1. The minimum atomic E-state index is -0.177. The van der Waals surface area contributed by atoms with Crippen LogP contribution in [-0.2, 0) is 16.1 Å². The largest absolute Gasteiger partial charge is 0.383 e. The predicted octanol–water partition coefficient (Wildman–Crippen LogP) is 2.64. The summed E-state index contributed by atoms with van der Waals surface area (Å²) < 4.78 is 8.56. The van der Waals surface area contributed by atoms with Crippen molar-refractivity contribution in [2.24, 2.45) is 5.92 Å². The minimum absolute atomic E-state index is 0.111. The monoisotopic (exact) mass is 511 g/mol. The van der Waals surface area contributed by atoms with Crippen molar-refractivity contribution in [1.29, 1.82) is 5.26 Å². The molecule has 11 nitrogen and oxygen atoms in total. The van der Waals surface area contributed by atoms with Gasteiger partial charge < -0.3 is 14.5 Å². The van der Waals surface area contributed by atoms with Gasteiger partial charge in [0.2, 0.25) is 5.91 Å². The third kappa shape index (κ3) is 4.86. The average molecular weight is 512 g/mol. The number of rotatable bonds is 8. The van der Waals surface area contributed by atoms with Crippen LogP contribution in [0, 0.1) is 17.2 Å². The fraction of sp³-hybridized carbons (Fsp3) is 0.333. The molecule has 194 valence electrons. The van der Waals surface area contributed by atoms with Crippen molar-refractivity contribution in [3.8, 4) is 28.5 Å². The Balaban J connectivity index is 1.42. The first-order valence-corrected chi connectivity index (χ1v) is 12.5. The Morgan fingerprint density at radius 2 is 2.03 bits per heavy atom. The molecule has 1 fully saturated rings. The highest BCUT2D eigenvalue weighted by molar-refractivity contribution is 5.87. The van der Waals surface area contributed by atoms with E-state index in [9.17, 15) is 10.1 Å². The molecule has 1 amide bonds. The summed E-state index contributed by atoms with van der Waals surface area (Å²) >= 11 is 0. The van der Waals surface area contributed by atoms with Gasteiger partial charge in [0.05, 0.1) is 42.5 Å². The molecule has 11 heteroatoms. The molecule has 1 aliphatic heterocycles. The summed E-state index contributed by atoms with van der Waals surface area (Å²) in [6.07, 6.45) is 8.77. The van der Waals surface area contributed by atoms with Gasteiger partial charge in [-0.1, -0.05) is 18.2 Å². The number of amides is 1. The van der Waals surface area contributed by atoms with Crippen LogP contribution in [0.25, 0.3) is 27.9 Å². The second-order valence-electron chi connectivity index (χ2n) is 9.21. The first kappa shape index (κ1) is 25.1. The third-order valence-electron chi connectivity index (χ3n) is 6.81. The Bertz CT molecular complexity index is 1490. The first-order chi connectivity index (χ1) is 18.5. The fourth-order valence-corrected chi connectivity index (χ4v) is 4.57. The predicted molar refractivity (Wildman–Crippen MR) is 142 cm³/mol. The number of nitrogens with zero attached hydrogens (tertiary/aromatic N) is 9. The minimum Gasteiger partial charge on any atom is -0.383 e. The Morgan fingerprint density at radius 3 is 2.71 bits per heavy atom. The molecule has 1 saturated heterocycles. The van der Waals surface area contributed by atoms with E-state index in [1.807, 2.05) is 48.6 Å². The number of hydrogen-bond donors (Lipinski definition) is 0. The Kier molecular flexibility index (Phi) is 7.15. The third-order valence-corrected chi connectivity index (χ3v) is 6.81. The van der Waals surface area contributed by atoms with E-state index in [0.29, 0.717) is 56.1 Å². The summed E-state index contributed by atoms with van der Waals surface area (Å²) in [4.78, 5) is 21.3. The maximum absolute atomic E-state index is 12.5. The lowest BCUT2D eigenvalue weighted by molar-refractivity contribution is -0.133. The van der Waals surface area contributed by atoms with Crippen LogP contribution >= 0.6 is 0 Å². The van der Waals surface area contributed by atoms with Crippen LogP contribution in [0.5, 0.6) is 0 Å². The number of pyridine rings is 2. The molecule has 0 radical (unpaired) electrons. The molecule has 0 aliphatic carbocycles. The van der Waals surface area contributed by atoms with Gasteiger partial charge in [-0.05, 0) is 18.2 Å². The van der Waals surface area contributed by atoms with E-state index in [2.05, 4.69) is 33.0 Å². The molecule has 38 heavy (non-hydrogen) atoms. The van der Waals surface area contributed by atoms with Crippen LogP contribution in [0.4, 0.5) is 5.82 Å². The SMILES string of the molecule is C=CC(C)C(=O)N1CCN(c2ccc(-c3cc(-c4cn(CCOC)nn4)cn4ncc(C#N)c34)cn2)CC1. The lowest BCUT2D eigenvalue weighted by Crippen LogP contribution is -2.50. The van der Waals surface area contributed by atoms with Crippen LogP contribution in [0.2, 0.25) is 0 Å². The first-order valence-electron chi connectivity index (χ1n) is 12.5. The molecular formula is C27H29N9O2. The second kappa shape index (κ2) is 10.8. The van der Waals surface area contributed by atoms with Crippen molar-refractivity contribution in [2.45, 2.75) is 13.5 Å². The molecule has 1 atom stereocenters. The van der Waals surface area contributed by atoms with Gasteiger partial charge in [0.1, 0.15) is 17.6 Å². The molecule has 0 saturated carbocycles. The van der Waals surface area contributed by atoms with Gasteiger partial charge in [0.15, 0.2) is 0 Å². The van der Waals surface area contributed by atoms with E-state index in [-0.39, 0.29) is 11.8 Å². The molecule has 5 rings (SSSR count). The van der Waals surface area contributed by atoms with Crippen molar-refractivity contribution in [2.75, 3.05) is 44.8 Å². The molecule has 5 heterocycles. The van der Waals surface area contributed by atoms with E-state index in [4.69, 9.17) is 9.72 Å². The summed E-state index contributed by atoms with van der Waals surface area (Å²) in [5.41, 5.74) is 4.40. The van der Waals surface area contributed by atoms with Gasteiger partial charge in [0.25, 0.3) is 0 Å². The normalized spacial score (nSPS) is 14.4. The van der Waals surface area contributed by atoms with Crippen LogP contribution < -0.4 is 4.90 Å². The van der Waals surface area contributed by atoms with Gasteiger partial charge >= 0.3 is 0 Å². The molecule has 1 aliphatic rings. The maximum atomic E-state index is 12.5. The quantitative estimate of drug-likeness (QED) is 0.332. The van der Waals surface area contributed by atoms with Gasteiger partial charge in [0, 0.05) is 62.4 Å². The van der Waals surface area contributed by atoms with Crippen molar-refractivity contribution in [1.82, 2.24) is 34.5 Å². The Morgan fingerprint density at radius 1 is 1.21 bits per heavy atom. The van der Waals surface area contributed by atoms with Crippen molar-refractivity contribution < 1.29 is 9.53 Å². The van der Waals surface area contributed by atoms with Crippen LogP contribution in [-0.4, -0.2) is 80.3 Å². The Labute approximate surface area is 220 Å². The van der Waals surface area contributed by atoms with Gasteiger partial charge in [-0.25, -0.2) is 14.2 Å². The van der Waals surface area contributed by atoms with E-state index >= 15 is 0 Å². The van der Waals surface area contributed by atoms with E-state index in [1.54, 1.807) is 28.6 Å². The zero-order valence-corrected chi connectivity index (χ0v) is 21.5. The molecular weight excluding hydrogens is 482 g/mol. The van der Waals surface area contributed by atoms with Crippen LogP contribution in [0.15, 0.2) is 55.6 Å². The molecule has 0 N–H and O–H groups in total. The second-order valence-corrected chi connectivity index (χ2v) is 9.21. The average Bonchev–Trinajstić information content (AvgIpc) is 3.62. The molecule has 4 aromatic heterocycles. The standard InChI is InChI=1S/C27H29N9O2/c1-4-19(2)27(37)34-9-7-33(8-10-34)25-6-5-20(15-29-25)23-13-21(17-36-26(23)22(14-28)16-30-36)24-18-35(32-31-24)11-12-38-3/h4-6,13,15-19H,1,7-12H2,2-3H3. The molecule has 1 unspecified atom stereocenters. The molecule has 0 aromatic carbocycles. The summed E-state index contributed by atoms with van der Waals surface area (Å²) in [6.45, 7) is 9.45. The molecule has 4 aromatic rings. The smallest absolute Gasteiger partial charge is 0.229 e. The van der Waals surface area contributed by atoms with E-state index in [0.717, 1.165) is 22.5 Å². The lowest BCUT2D eigenvalue weighted by atomic mass is 10.0. The van der Waals surface area contributed by atoms with E-state index < -0.39 is 0 Å². The van der Waals surface area contributed by atoms with Gasteiger partial charge in [-0.3, -0.25) is 4.79 Å². The summed E-state index contributed by atoms with van der Waals surface area (Å²) in [5.74, 6) is 0.780. The zero-order chi connectivity index (χ0) is 26.6. The number of anilines is 1. The molecule has 0 spiro atoms. The number of methoxy groups -OCH3 is 1. The number of hydrogen-bond acceptors (Lipinski definition) is 8.